The Labute approximate surface area is 234 Å². The van der Waals surface area contributed by atoms with Crippen LogP contribution in [-0.4, -0.2) is 42.6 Å². The first kappa shape index (κ1) is 29.4. The van der Waals surface area contributed by atoms with Gasteiger partial charge in [-0.1, -0.05) is 31.4 Å². The van der Waals surface area contributed by atoms with Crippen LogP contribution in [0.2, 0.25) is 0 Å². The zero-order valence-corrected chi connectivity index (χ0v) is 23.3. The average molecular weight is 568 g/mol. The molecule has 1 heterocycles. The molecule has 0 spiro atoms. The van der Waals surface area contributed by atoms with Gasteiger partial charge in [0.15, 0.2) is 9.84 Å². The molecule has 211 valence electrons. The SMILES string of the molecule is C#Cc1cccc(C2(NC[CH][C@H](NC(=O)n3cc(C)cn3)C(c3cc(F)cc(F)c3)S(=O)(=O)CCCC)CC2)c1. The van der Waals surface area contributed by atoms with Gasteiger partial charge in [-0.2, -0.15) is 9.78 Å². The molecule has 7 nitrogen and oxygen atoms in total. The van der Waals surface area contributed by atoms with Crippen LogP contribution in [0.5, 0.6) is 0 Å². The number of amides is 1. The van der Waals surface area contributed by atoms with Gasteiger partial charge in [0.25, 0.3) is 0 Å². The van der Waals surface area contributed by atoms with Crippen molar-refractivity contribution in [1.82, 2.24) is 20.4 Å². The molecule has 40 heavy (non-hydrogen) atoms. The summed E-state index contributed by atoms with van der Waals surface area (Å²) in [6.07, 6.45) is 12.9. The van der Waals surface area contributed by atoms with Gasteiger partial charge in [0.1, 0.15) is 16.9 Å². The van der Waals surface area contributed by atoms with Gasteiger partial charge in [-0.3, -0.25) is 0 Å². The maximum Gasteiger partial charge on any atom is 0.342 e. The number of hydrogen-bond acceptors (Lipinski definition) is 5. The summed E-state index contributed by atoms with van der Waals surface area (Å²) in [5.74, 6) is 0.630. The molecule has 0 saturated heterocycles. The molecule has 1 aliphatic rings. The number of carbonyl (C=O) groups is 1. The smallest absolute Gasteiger partial charge is 0.331 e. The quantitative estimate of drug-likeness (QED) is 0.306. The fourth-order valence-electron chi connectivity index (χ4n) is 4.82. The average Bonchev–Trinajstić information content (AvgIpc) is 3.57. The van der Waals surface area contributed by atoms with Crippen LogP contribution in [0.4, 0.5) is 13.6 Å². The van der Waals surface area contributed by atoms with Gasteiger partial charge < -0.3 is 10.6 Å². The van der Waals surface area contributed by atoms with E-state index >= 15 is 0 Å². The molecule has 1 radical (unpaired) electrons. The number of halogens is 2. The molecule has 1 aliphatic carbocycles. The Morgan fingerprint density at radius 1 is 1.23 bits per heavy atom. The van der Waals surface area contributed by atoms with Crippen LogP contribution >= 0.6 is 0 Å². The molecular weight excluding hydrogens is 534 g/mol. The first-order valence-corrected chi connectivity index (χ1v) is 14.9. The lowest BCUT2D eigenvalue weighted by Gasteiger charge is -2.29. The molecule has 1 aromatic heterocycles. The van der Waals surface area contributed by atoms with Gasteiger partial charge in [-0.15, -0.1) is 6.42 Å². The summed E-state index contributed by atoms with van der Waals surface area (Å²) in [5.41, 5.74) is 2.10. The third-order valence-corrected chi connectivity index (χ3v) is 9.26. The fourth-order valence-corrected chi connectivity index (χ4v) is 6.94. The minimum atomic E-state index is -3.96. The number of aromatic nitrogens is 2. The number of nitrogens with zero attached hydrogens (tertiary/aromatic N) is 2. The lowest BCUT2D eigenvalue weighted by molar-refractivity contribution is 0.236. The predicted molar refractivity (Wildman–Crippen MR) is 150 cm³/mol. The van der Waals surface area contributed by atoms with Crippen molar-refractivity contribution in [2.24, 2.45) is 0 Å². The molecule has 10 heteroatoms. The first-order chi connectivity index (χ1) is 19.1. The van der Waals surface area contributed by atoms with E-state index in [0.29, 0.717) is 18.9 Å². The van der Waals surface area contributed by atoms with Crippen LogP contribution in [0.15, 0.2) is 54.9 Å². The van der Waals surface area contributed by atoms with Crippen molar-refractivity contribution in [3.8, 4) is 12.3 Å². The van der Waals surface area contributed by atoms with Crippen molar-refractivity contribution in [3.63, 3.8) is 0 Å². The number of nitrogens with one attached hydrogen (secondary N) is 2. The number of aryl methyl sites for hydroxylation is 1. The highest BCUT2D eigenvalue weighted by atomic mass is 32.2. The van der Waals surface area contributed by atoms with Crippen LogP contribution in [0.1, 0.15) is 60.1 Å². The zero-order chi connectivity index (χ0) is 28.9. The Morgan fingerprint density at radius 2 is 1.95 bits per heavy atom. The number of terminal acetylenes is 1. The van der Waals surface area contributed by atoms with Crippen LogP contribution in [0.25, 0.3) is 0 Å². The van der Waals surface area contributed by atoms with Crippen molar-refractivity contribution in [2.45, 2.75) is 56.4 Å². The van der Waals surface area contributed by atoms with Crippen molar-refractivity contribution in [1.29, 1.82) is 0 Å². The Kier molecular flexibility index (Phi) is 9.06. The standard InChI is InChI=1S/C30H33F2N4O3S/c1-4-6-14-40(38,39)28(23-16-25(31)18-26(32)17-23)27(35-29(37)36-20-21(3)19-34-36)10-13-33-30(11-12-30)24-9-7-8-22(5-2)15-24/h2,7-10,15-20,27-28,33H,4,6,11-14H2,1,3H3,(H,35,37)/t27-,28?/m0/s1. The van der Waals surface area contributed by atoms with Gasteiger partial charge in [0.05, 0.1) is 18.0 Å². The van der Waals surface area contributed by atoms with Crippen LogP contribution in [0.3, 0.4) is 0 Å². The van der Waals surface area contributed by atoms with Crippen molar-refractivity contribution < 1.29 is 22.0 Å². The second-order valence-corrected chi connectivity index (χ2v) is 12.4. The zero-order valence-electron chi connectivity index (χ0n) is 22.5. The Morgan fingerprint density at radius 3 is 2.55 bits per heavy atom. The van der Waals surface area contributed by atoms with E-state index in [0.717, 1.165) is 46.3 Å². The van der Waals surface area contributed by atoms with Crippen molar-refractivity contribution in [3.05, 3.63) is 95.2 Å². The third-order valence-electron chi connectivity index (χ3n) is 7.06. The summed E-state index contributed by atoms with van der Waals surface area (Å²) >= 11 is 0. The minimum Gasteiger partial charge on any atom is -0.331 e. The number of unbranched alkanes of at least 4 members (excludes halogenated alkanes) is 1. The fraction of sp³-hybridized carbons (Fsp3) is 0.367. The van der Waals surface area contributed by atoms with Crippen molar-refractivity contribution >= 4 is 15.9 Å². The number of rotatable bonds is 12. The van der Waals surface area contributed by atoms with E-state index in [1.807, 2.05) is 31.2 Å². The Balaban J connectivity index is 1.66. The second kappa shape index (κ2) is 12.3. The number of hydrogen-bond donors (Lipinski definition) is 2. The van der Waals surface area contributed by atoms with Crippen LogP contribution in [0, 0.1) is 37.3 Å². The second-order valence-electron chi connectivity index (χ2n) is 10.2. The first-order valence-electron chi connectivity index (χ1n) is 13.2. The van der Waals surface area contributed by atoms with Gasteiger partial charge in [0.2, 0.25) is 0 Å². The molecule has 2 atom stereocenters. The van der Waals surface area contributed by atoms with E-state index < -0.39 is 38.8 Å². The molecule has 0 bridgehead atoms. The molecule has 1 amide bonds. The summed E-state index contributed by atoms with van der Waals surface area (Å²) in [7, 11) is -3.96. The molecule has 1 unspecified atom stereocenters. The number of benzene rings is 2. The molecular formula is C30H33F2N4O3S. The van der Waals surface area contributed by atoms with Crippen LogP contribution < -0.4 is 10.6 Å². The highest BCUT2D eigenvalue weighted by molar-refractivity contribution is 7.91. The highest BCUT2D eigenvalue weighted by Crippen LogP contribution is 2.45. The predicted octanol–water partition coefficient (Wildman–Crippen LogP) is 4.82. The largest absolute Gasteiger partial charge is 0.342 e. The van der Waals surface area contributed by atoms with Gasteiger partial charge in [0, 0.05) is 29.9 Å². The minimum absolute atomic E-state index is 0.0744. The van der Waals surface area contributed by atoms with E-state index in [9.17, 15) is 22.0 Å². The molecule has 1 fully saturated rings. The lowest BCUT2D eigenvalue weighted by Crippen LogP contribution is -2.47. The summed E-state index contributed by atoms with van der Waals surface area (Å²) in [6, 6.07) is 8.56. The molecule has 3 aromatic rings. The maximum absolute atomic E-state index is 14.3. The van der Waals surface area contributed by atoms with E-state index in [-0.39, 0.29) is 23.4 Å². The van der Waals surface area contributed by atoms with Crippen molar-refractivity contribution in [2.75, 3.05) is 12.3 Å². The monoisotopic (exact) mass is 567 g/mol. The summed E-state index contributed by atoms with van der Waals surface area (Å²) in [5, 5.41) is 8.81. The highest BCUT2D eigenvalue weighted by Gasteiger charge is 2.44. The Hall–Kier alpha value is -3.55. The van der Waals surface area contributed by atoms with E-state index in [4.69, 9.17) is 6.42 Å². The number of carbonyl (C=O) groups excluding carboxylic acids is 1. The Bertz CT molecular complexity index is 1490. The van der Waals surface area contributed by atoms with Gasteiger partial charge in [-0.25, -0.2) is 22.0 Å². The normalized spacial score (nSPS) is 15.7. The van der Waals surface area contributed by atoms with E-state index in [2.05, 4.69) is 21.7 Å². The third kappa shape index (κ3) is 6.95. The summed E-state index contributed by atoms with van der Waals surface area (Å²) in [6.45, 7) is 3.83. The molecule has 2 aromatic carbocycles. The van der Waals surface area contributed by atoms with Gasteiger partial charge in [-0.05, 0) is 73.6 Å². The lowest BCUT2D eigenvalue weighted by atomic mass is 10.00. The summed E-state index contributed by atoms with van der Waals surface area (Å²) < 4.78 is 57.0. The molecule has 1 saturated carbocycles. The maximum atomic E-state index is 14.3. The van der Waals surface area contributed by atoms with E-state index in [1.54, 1.807) is 13.3 Å². The van der Waals surface area contributed by atoms with Crippen LogP contribution in [-0.2, 0) is 15.4 Å². The number of sulfone groups is 1. The molecule has 2 N–H and O–H groups in total. The topological polar surface area (TPSA) is 93.1 Å². The van der Waals surface area contributed by atoms with Gasteiger partial charge >= 0.3 is 6.03 Å². The molecule has 0 aliphatic heterocycles. The summed E-state index contributed by atoms with van der Waals surface area (Å²) in [4.78, 5) is 13.1. The molecule has 4 rings (SSSR count). The van der Waals surface area contributed by atoms with E-state index in [1.165, 1.54) is 12.4 Å².